The molecular formula is C25H37NO4. The number of nitrogens with zero attached hydrogens (tertiary/aromatic N) is 1. The van der Waals surface area contributed by atoms with Crippen LogP contribution in [-0.4, -0.2) is 48.9 Å². The molecule has 3 aliphatic rings. The maximum absolute atomic E-state index is 13.6. The largest absolute Gasteiger partial charge is 0.493 e. The van der Waals surface area contributed by atoms with Gasteiger partial charge < -0.3 is 19.1 Å². The van der Waals surface area contributed by atoms with Gasteiger partial charge in [-0.05, 0) is 57.2 Å². The van der Waals surface area contributed by atoms with Gasteiger partial charge in [0.15, 0.2) is 0 Å². The zero-order chi connectivity index (χ0) is 21.2. The van der Waals surface area contributed by atoms with Crippen molar-refractivity contribution in [2.45, 2.75) is 77.5 Å². The zero-order valence-electron chi connectivity index (χ0n) is 18.8. The molecule has 2 heterocycles. The van der Waals surface area contributed by atoms with Gasteiger partial charge in [-0.15, -0.1) is 0 Å². The summed E-state index contributed by atoms with van der Waals surface area (Å²) in [6.45, 7) is 9.92. The predicted molar refractivity (Wildman–Crippen MR) is 116 cm³/mol. The topological polar surface area (TPSA) is 48.0 Å². The average molecular weight is 416 g/mol. The van der Waals surface area contributed by atoms with E-state index < -0.39 is 0 Å². The van der Waals surface area contributed by atoms with Crippen LogP contribution in [0.5, 0.6) is 5.75 Å². The molecule has 4 rings (SSSR count). The first kappa shape index (κ1) is 21.6. The van der Waals surface area contributed by atoms with Crippen LogP contribution in [0.4, 0.5) is 0 Å². The van der Waals surface area contributed by atoms with E-state index in [4.69, 9.17) is 14.2 Å². The standard InChI is InChI=1S/C25H37NO4/c1-24(2)14-20(11-12-30-24)23(27)26(21-8-4-5-9-21)15-19-7-6-10-22(13-19)29-18-25(3)16-28-17-25/h6-7,10,13,20-21H,4-5,8-9,11-12,14-18H2,1-3H3. The Morgan fingerprint density at radius 2 is 1.93 bits per heavy atom. The summed E-state index contributed by atoms with van der Waals surface area (Å²) in [5.74, 6) is 1.25. The Balaban J connectivity index is 1.45. The highest BCUT2D eigenvalue weighted by molar-refractivity contribution is 5.79. The molecule has 1 aromatic carbocycles. The molecule has 1 atom stereocenters. The van der Waals surface area contributed by atoms with Gasteiger partial charge in [-0.1, -0.05) is 31.9 Å². The summed E-state index contributed by atoms with van der Waals surface area (Å²) in [6.07, 6.45) is 6.31. The smallest absolute Gasteiger partial charge is 0.226 e. The second kappa shape index (κ2) is 8.88. The van der Waals surface area contributed by atoms with Crippen molar-refractivity contribution in [3.05, 3.63) is 29.8 Å². The van der Waals surface area contributed by atoms with Crippen LogP contribution in [0.1, 0.15) is 64.9 Å². The van der Waals surface area contributed by atoms with Crippen LogP contribution in [0.25, 0.3) is 0 Å². The molecule has 1 amide bonds. The number of hydrogen-bond acceptors (Lipinski definition) is 4. The van der Waals surface area contributed by atoms with E-state index in [1.165, 1.54) is 12.8 Å². The average Bonchev–Trinajstić information content (AvgIpc) is 3.22. The van der Waals surface area contributed by atoms with Crippen LogP contribution in [-0.2, 0) is 20.8 Å². The molecule has 2 aliphatic heterocycles. The van der Waals surface area contributed by atoms with Crippen molar-refractivity contribution in [3.8, 4) is 5.75 Å². The maximum Gasteiger partial charge on any atom is 0.226 e. The number of ether oxygens (including phenoxy) is 3. The van der Waals surface area contributed by atoms with E-state index in [-0.39, 0.29) is 16.9 Å². The maximum atomic E-state index is 13.6. The third-order valence-electron chi connectivity index (χ3n) is 6.83. The first-order valence-corrected chi connectivity index (χ1v) is 11.6. The van der Waals surface area contributed by atoms with Crippen molar-refractivity contribution in [2.75, 3.05) is 26.4 Å². The van der Waals surface area contributed by atoms with Gasteiger partial charge in [-0.25, -0.2) is 0 Å². The van der Waals surface area contributed by atoms with Crippen molar-refractivity contribution >= 4 is 5.91 Å². The lowest BCUT2D eigenvalue weighted by molar-refractivity contribution is -0.148. The van der Waals surface area contributed by atoms with E-state index in [9.17, 15) is 4.79 Å². The summed E-state index contributed by atoms with van der Waals surface area (Å²) in [6, 6.07) is 8.63. The van der Waals surface area contributed by atoms with Crippen molar-refractivity contribution in [1.82, 2.24) is 4.90 Å². The van der Waals surface area contributed by atoms with Gasteiger partial charge in [0.2, 0.25) is 5.91 Å². The quantitative estimate of drug-likeness (QED) is 0.654. The van der Waals surface area contributed by atoms with E-state index in [1.54, 1.807) is 0 Å². The van der Waals surface area contributed by atoms with Gasteiger partial charge in [-0.3, -0.25) is 4.79 Å². The van der Waals surface area contributed by atoms with Crippen molar-refractivity contribution in [2.24, 2.45) is 11.3 Å². The Bertz CT molecular complexity index is 736. The fraction of sp³-hybridized carbons (Fsp3) is 0.720. The molecular weight excluding hydrogens is 378 g/mol. The SMILES string of the molecule is CC1(COc2cccc(CN(C(=O)C3CCOC(C)(C)C3)C3CCCC3)c2)COC1. The summed E-state index contributed by atoms with van der Waals surface area (Å²) in [7, 11) is 0. The van der Waals surface area contributed by atoms with E-state index in [0.29, 0.717) is 31.7 Å². The van der Waals surface area contributed by atoms with Crippen molar-refractivity contribution < 1.29 is 19.0 Å². The summed E-state index contributed by atoms with van der Waals surface area (Å²) < 4.78 is 17.2. The van der Waals surface area contributed by atoms with Crippen LogP contribution >= 0.6 is 0 Å². The molecule has 1 saturated carbocycles. The number of carbonyl (C=O) groups is 1. The van der Waals surface area contributed by atoms with Crippen LogP contribution in [0.3, 0.4) is 0 Å². The Labute approximate surface area is 181 Å². The second-order valence-electron chi connectivity index (χ2n) is 10.4. The molecule has 0 bridgehead atoms. The van der Waals surface area contributed by atoms with Gasteiger partial charge in [0.1, 0.15) is 5.75 Å². The molecule has 1 unspecified atom stereocenters. The number of carbonyl (C=O) groups excluding carboxylic acids is 1. The minimum atomic E-state index is -0.213. The minimum absolute atomic E-state index is 0.0624. The summed E-state index contributed by atoms with van der Waals surface area (Å²) in [5, 5.41) is 0. The molecule has 0 spiro atoms. The Morgan fingerprint density at radius 1 is 1.17 bits per heavy atom. The summed E-state index contributed by atoms with van der Waals surface area (Å²) in [5.41, 5.74) is 1.06. The number of benzene rings is 1. The van der Waals surface area contributed by atoms with E-state index in [1.807, 2.05) is 12.1 Å². The van der Waals surface area contributed by atoms with Crippen LogP contribution < -0.4 is 4.74 Å². The Hall–Kier alpha value is -1.59. The number of hydrogen-bond donors (Lipinski definition) is 0. The third-order valence-corrected chi connectivity index (χ3v) is 6.83. The van der Waals surface area contributed by atoms with E-state index in [2.05, 4.69) is 37.8 Å². The first-order valence-electron chi connectivity index (χ1n) is 11.6. The molecule has 166 valence electrons. The molecule has 0 aromatic heterocycles. The molecule has 1 aliphatic carbocycles. The molecule has 2 saturated heterocycles. The Morgan fingerprint density at radius 3 is 2.60 bits per heavy atom. The fourth-order valence-electron chi connectivity index (χ4n) is 5.00. The van der Waals surface area contributed by atoms with Crippen molar-refractivity contribution in [3.63, 3.8) is 0 Å². The zero-order valence-corrected chi connectivity index (χ0v) is 18.8. The normalized spacial score (nSPS) is 25.5. The third kappa shape index (κ3) is 5.17. The predicted octanol–water partition coefficient (Wildman–Crippen LogP) is 4.58. The molecule has 1 aromatic rings. The van der Waals surface area contributed by atoms with Gasteiger partial charge in [0.05, 0.1) is 25.4 Å². The molecule has 30 heavy (non-hydrogen) atoms. The monoisotopic (exact) mass is 415 g/mol. The minimum Gasteiger partial charge on any atom is -0.493 e. The lowest BCUT2D eigenvalue weighted by Gasteiger charge is -2.39. The van der Waals surface area contributed by atoms with Gasteiger partial charge in [0, 0.05) is 30.5 Å². The molecule has 3 fully saturated rings. The van der Waals surface area contributed by atoms with Crippen LogP contribution in [0.2, 0.25) is 0 Å². The Kier molecular flexibility index (Phi) is 6.40. The number of rotatable bonds is 7. The highest BCUT2D eigenvalue weighted by Crippen LogP contribution is 2.34. The van der Waals surface area contributed by atoms with Gasteiger partial charge >= 0.3 is 0 Å². The van der Waals surface area contributed by atoms with Crippen molar-refractivity contribution in [1.29, 1.82) is 0 Å². The summed E-state index contributed by atoms with van der Waals surface area (Å²) >= 11 is 0. The highest BCUT2D eigenvalue weighted by Gasteiger charge is 2.38. The first-order chi connectivity index (χ1) is 14.3. The molecule has 5 heteroatoms. The lowest BCUT2D eigenvalue weighted by atomic mass is 9.87. The van der Waals surface area contributed by atoms with E-state index in [0.717, 1.165) is 50.2 Å². The summed E-state index contributed by atoms with van der Waals surface area (Å²) in [4.78, 5) is 15.8. The molecule has 0 radical (unpaired) electrons. The molecule has 0 N–H and O–H groups in total. The van der Waals surface area contributed by atoms with Crippen LogP contribution in [0.15, 0.2) is 24.3 Å². The van der Waals surface area contributed by atoms with E-state index >= 15 is 0 Å². The second-order valence-corrected chi connectivity index (χ2v) is 10.4. The van der Waals surface area contributed by atoms with Gasteiger partial charge in [0.25, 0.3) is 0 Å². The number of amides is 1. The fourth-order valence-corrected chi connectivity index (χ4v) is 5.00. The highest BCUT2D eigenvalue weighted by atomic mass is 16.5. The molecule has 5 nitrogen and oxygen atoms in total. The van der Waals surface area contributed by atoms with Crippen LogP contribution in [0, 0.1) is 11.3 Å². The van der Waals surface area contributed by atoms with Gasteiger partial charge in [-0.2, -0.15) is 0 Å². The lowest BCUT2D eigenvalue weighted by Crippen LogP contribution is -2.46.